The van der Waals surface area contributed by atoms with Gasteiger partial charge < -0.3 is 0 Å². The molecule has 24 heavy (non-hydrogen) atoms. The molecule has 4 heterocycles. The van der Waals surface area contributed by atoms with Crippen LogP contribution in [0.5, 0.6) is 0 Å². The van der Waals surface area contributed by atoms with Crippen molar-refractivity contribution in [2.75, 3.05) is 0 Å². The van der Waals surface area contributed by atoms with E-state index in [4.69, 9.17) is 4.98 Å². The van der Waals surface area contributed by atoms with Gasteiger partial charge in [-0.2, -0.15) is 0 Å². The second-order valence-electron chi connectivity index (χ2n) is 5.54. The van der Waals surface area contributed by atoms with E-state index in [9.17, 15) is 0 Å². The van der Waals surface area contributed by atoms with Crippen molar-refractivity contribution in [3.63, 3.8) is 0 Å². The number of aromatic nitrogens is 2. The second-order valence-corrected chi connectivity index (χ2v) is 7.44. The lowest BCUT2D eigenvalue weighted by Gasteiger charge is -2.08. The van der Waals surface area contributed by atoms with Crippen molar-refractivity contribution in [1.29, 1.82) is 0 Å². The lowest BCUT2D eigenvalue weighted by atomic mass is 10.0. The lowest BCUT2D eigenvalue weighted by molar-refractivity contribution is 1.38. The SMILES string of the molecule is c1csc(-c2ccc3ccc4c(-c5cccs5)ccnc4c3n2)c1. The Morgan fingerprint density at radius 1 is 0.708 bits per heavy atom. The Labute approximate surface area is 147 Å². The minimum Gasteiger partial charge on any atom is -0.254 e. The van der Waals surface area contributed by atoms with E-state index in [0.29, 0.717) is 0 Å². The van der Waals surface area contributed by atoms with E-state index >= 15 is 0 Å². The first kappa shape index (κ1) is 13.8. The van der Waals surface area contributed by atoms with E-state index in [2.05, 4.69) is 70.3 Å². The van der Waals surface area contributed by atoms with Gasteiger partial charge in [-0.15, -0.1) is 22.7 Å². The molecule has 0 unspecified atom stereocenters. The Balaban J connectivity index is 1.83. The maximum Gasteiger partial charge on any atom is 0.0972 e. The van der Waals surface area contributed by atoms with Crippen LogP contribution < -0.4 is 0 Å². The van der Waals surface area contributed by atoms with Crippen LogP contribution >= 0.6 is 22.7 Å². The standard InChI is InChI=1S/C20H12N2S2/c1-3-17(23-11-1)14-9-10-21-20-15(14)7-5-13-6-8-16(22-19(13)20)18-4-2-12-24-18/h1-12H. The fourth-order valence-electron chi connectivity index (χ4n) is 3.01. The van der Waals surface area contributed by atoms with Gasteiger partial charge in [0.05, 0.1) is 21.6 Å². The van der Waals surface area contributed by atoms with E-state index in [1.54, 1.807) is 22.7 Å². The van der Waals surface area contributed by atoms with E-state index < -0.39 is 0 Å². The molecule has 0 atom stereocenters. The predicted octanol–water partition coefficient (Wildman–Crippen LogP) is 6.24. The number of pyridine rings is 2. The number of thiophene rings is 2. The molecule has 0 radical (unpaired) electrons. The minimum atomic E-state index is 0.969. The molecule has 1 aromatic carbocycles. The van der Waals surface area contributed by atoms with Crippen molar-refractivity contribution >= 4 is 44.5 Å². The number of rotatable bonds is 2. The Morgan fingerprint density at radius 3 is 2.29 bits per heavy atom. The highest BCUT2D eigenvalue weighted by Gasteiger charge is 2.10. The van der Waals surface area contributed by atoms with Crippen LogP contribution in [-0.4, -0.2) is 9.97 Å². The van der Waals surface area contributed by atoms with Crippen LogP contribution in [0.3, 0.4) is 0 Å². The molecule has 0 aliphatic carbocycles. The predicted molar refractivity (Wildman–Crippen MR) is 104 cm³/mol. The number of nitrogens with zero attached hydrogens (tertiary/aromatic N) is 2. The highest BCUT2D eigenvalue weighted by atomic mass is 32.1. The monoisotopic (exact) mass is 344 g/mol. The number of hydrogen-bond donors (Lipinski definition) is 0. The van der Waals surface area contributed by atoms with Crippen LogP contribution in [-0.2, 0) is 0 Å². The first-order valence-electron chi connectivity index (χ1n) is 7.66. The van der Waals surface area contributed by atoms with Crippen molar-refractivity contribution < 1.29 is 0 Å². The third-order valence-electron chi connectivity index (χ3n) is 4.13. The average molecular weight is 344 g/mol. The molecule has 5 rings (SSSR count). The fraction of sp³-hybridized carbons (Fsp3) is 0. The third kappa shape index (κ3) is 2.15. The topological polar surface area (TPSA) is 25.8 Å². The van der Waals surface area contributed by atoms with Crippen molar-refractivity contribution in [3.05, 3.63) is 71.6 Å². The van der Waals surface area contributed by atoms with Crippen LogP contribution in [0, 0.1) is 0 Å². The summed E-state index contributed by atoms with van der Waals surface area (Å²) in [5, 5.41) is 6.47. The van der Waals surface area contributed by atoms with Crippen LogP contribution in [0.15, 0.2) is 71.6 Å². The fourth-order valence-corrected chi connectivity index (χ4v) is 4.47. The van der Waals surface area contributed by atoms with Crippen LogP contribution in [0.2, 0.25) is 0 Å². The third-order valence-corrected chi connectivity index (χ3v) is 5.93. The van der Waals surface area contributed by atoms with Gasteiger partial charge in [0.1, 0.15) is 0 Å². The molecule has 0 aliphatic rings. The summed E-state index contributed by atoms with van der Waals surface area (Å²) >= 11 is 3.46. The molecular formula is C20H12N2S2. The molecule has 4 heteroatoms. The molecule has 5 aromatic rings. The van der Waals surface area contributed by atoms with Gasteiger partial charge in [0.15, 0.2) is 0 Å². The Bertz CT molecular complexity index is 1140. The minimum absolute atomic E-state index is 0.969. The Morgan fingerprint density at radius 2 is 1.50 bits per heavy atom. The first-order valence-corrected chi connectivity index (χ1v) is 9.42. The summed E-state index contributed by atoms with van der Waals surface area (Å²) in [6.45, 7) is 0. The van der Waals surface area contributed by atoms with Crippen LogP contribution in [0.25, 0.3) is 42.8 Å². The van der Waals surface area contributed by atoms with Crippen molar-refractivity contribution in [3.8, 4) is 21.0 Å². The molecule has 0 spiro atoms. The van der Waals surface area contributed by atoms with Gasteiger partial charge in [-0.1, -0.05) is 30.3 Å². The Kier molecular flexibility index (Phi) is 3.18. The molecule has 0 saturated heterocycles. The summed E-state index contributed by atoms with van der Waals surface area (Å²) in [6.07, 6.45) is 1.89. The molecule has 0 aliphatic heterocycles. The second kappa shape index (κ2) is 5.51. The van der Waals surface area contributed by atoms with Gasteiger partial charge in [-0.3, -0.25) is 4.98 Å². The molecular weight excluding hydrogens is 332 g/mol. The maximum atomic E-state index is 4.92. The lowest BCUT2D eigenvalue weighted by Crippen LogP contribution is -1.89. The van der Waals surface area contributed by atoms with Gasteiger partial charge in [-0.05, 0) is 35.0 Å². The average Bonchev–Trinajstić information content (AvgIpc) is 3.34. The summed E-state index contributed by atoms with van der Waals surface area (Å²) < 4.78 is 0. The summed E-state index contributed by atoms with van der Waals surface area (Å²) in [4.78, 5) is 12.0. The van der Waals surface area contributed by atoms with Crippen molar-refractivity contribution in [2.45, 2.75) is 0 Å². The van der Waals surface area contributed by atoms with E-state index in [-0.39, 0.29) is 0 Å². The number of hydrogen-bond acceptors (Lipinski definition) is 4. The molecule has 0 N–H and O–H groups in total. The molecule has 0 fully saturated rings. The zero-order valence-electron chi connectivity index (χ0n) is 12.6. The first-order chi connectivity index (χ1) is 11.9. The van der Waals surface area contributed by atoms with Crippen LogP contribution in [0.4, 0.5) is 0 Å². The largest absolute Gasteiger partial charge is 0.254 e. The molecule has 4 aromatic heterocycles. The van der Waals surface area contributed by atoms with Gasteiger partial charge in [-0.25, -0.2) is 4.98 Å². The number of fused-ring (bicyclic) bond motifs is 3. The molecule has 0 amide bonds. The summed E-state index contributed by atoms with van der Waals surface area (Å²) in [6, 6.07) is 19.0. The molecule has 0 bridgehead atoms. The summed E-state index contributed by atoms with van der Waals surface area (Å²) in [7, 11) is 0. The normalized spacial score (nSPS) is 11.3. The summed E-state index contributed by atoms with van der Waals surface area (Å²) in [5.41, 5.74) is 4.17. The molecule has 0 saturated carbocycles. The summed E-state index contributed by atoms with van der Waals surface area (Å²) in [5.74, 6) is 0. The zero-order valence-corrected chi connectivity index (χ0v) is 14.3. The van der Waals surface area contributed by atoms with E-state index in [0.717, 1.165) is 27.5 Å². The highest BCUT2D eigenvalue weighted by molar-refractivity contribution is 7.13. The van der Waals surface area contributed by atoms with Crippen molar-refractivity contribution in [2.24, 2.45) is 0 Å². The van der Waals surface area contributed by atoms with Crippen LogP contribution in [0.1, 0.15) is 0 Å². The van der Waals surface area contributed by atoms with Gasteiger partial charge in [0.25, 0.3) is 0 Å². The maximum absolute atomic E-state index is 4.92. The highest BCUT2D eigenvalue weighted by Crippen LogP contribution is 2.34. The number of benzene rings is 1. The van der Waals surface area contributed by atoms with Gasteiger partial charge >= 0.3 is 0 Å². The van der Waals surface area contributed by atoms with Crippen molar-refractivity contribution in [1.82, 2.24) is 9.97 Å². The van der Waals surface area contributed by atoms with E-state index in [1.807, 2.05) is 6.20 Å². The molecule has 2 nitrogen and oxygen atoms in total. The quantitative estimate of drug-likeness (QED) is 0.354. The van der Waals surface area contributed by atoms with Gasteiger partial charge in [0, 0.05) is 27.4 Å². The van der Waals surface area contributed by atoms with Gasteiger partial charge in [0.2, 0.25) is 0 Å². The Hall–Kier alpha value is -2.56. The van der Waals surface area contributed by atoms with E-state index in [1.165, 1.54) is 15.3 Å². The zero-order chi connectivity index (χ0) is 15.9. The smallest absolute Gasteiger partial charge is 0.0972 e. The molecule has 114 valence electrons.